The zero-order valence-electron chi connectivity index (χ0n) is 15.6. The second kappa shape index (κ2) is 10.7. The number of hydrogen-bond donors (Lipinski definition) is 0. The van der Waals surface area contributed by atoms with Crippen LogP contribution in [0.5, 0.6) is 5.75 Å². The summed E-state index contributed by atoms with van der Waals surface area (Å²) < 4.78 is 11.4. The second-order valence-electron chi connectivity index (χ2n) is 6.08. The molecule has 0 fully saturated rings. The predicted molar refractivity (Wildman–Crippen MR) is 107 cm³/mol. The minimum atomic E-state index is -0.314. The number of carbonyl (C=O) groups excluding carboxylic acids is 2. The molecule has 27 heavy (non-hydrogen) atoms. The molecule has 0 aliphatic rings. The average Bonchev–Trinajstić information content (AvgIpc) is 2.65. The minimum absolute atomic E-state index is 0.0999. The summed E-state index contributed by atoms with van der Waals surface area (Å²) in [5.74, 6) is 0.111. The van der Waals surface area contributed by atoms with Crippen molar-refractivity contribution in [1.82, 2.24) is 4.90 Å². The van der Waals surface area contributed by atoms with Crippen LogP contribution in [0.15, 0.2) is 53.0 Å². The van der Waals surface area contributed by atoms with Gasteiger partial charge in [0.2, 0.25) is 0 Å². The lowest BCUT2D eigenvalue weighted by molar-refractivity contribution is -0.144. The monoisotopic (exact) mass is 433 g/mol. The van der Waals surface area contributed by atoms with Gasteiger partial charge in [0.25, 0.3) is 5.91 Å². The third-order valence-electron chi connectivity index (χ3n) is 3.90. The molecule has 0 saturated heterocycles. The molecule has 0 atom stereocenters. The first-order chi connectivity index (χ1) is 13.0. The summed E-state index contributed by atoms with van der Waals surface area (Å²) in [6.45, 7) is 4.67. The summed E-state index contributed by atoms with van der Waals surface area (Å²) >= 11 is 3.44. The summed E-state index contributed by atoms with van der Waals surface area (Å²) in [5.41, 5.74) is 2.09. The highest BCUT2D eigenvalue weighted by Gasteiger charge is 2.17. The Bertz CT molecular complexity index is 764. The molecule has 2 aromatic carbocycles. The van der Waals surface area contributed by atoms with Gasteiger partial charge in [-0.3, -0.25) is 9.59 Å². The molecular weight excluding hydrogens is 410 g/mol. The van der Waals surface area contributed by atoms with Crippen LogP contribution in [0.25, 0.3) is 0 Å². The van der Waals surface area contributed by atoms with E-state index in [0.29, 0.717) is 18.9 Å². The van der Waals surface area contributed by atoms with E-state index in [9.17, 15) is 9.59 Å². The maximum absolute atomic E-state index is 12.7. The van der Waals surface area contributed by atoms with Gasteiger partial charge in [0.05, 0.1) is 17.5 Å². The molecule has 5 nitrogen and oxygen atoms in total. The van der Waals surface area contributed by atoms with Crippen LogP contribution >= 0.6 is 15.9 Å². The normalized spacial score (nSPS) is 10.3. The molecule has 6 heteroatoms. The van der Waals surface area contributed by atoms with Crippen molar-refractivity contribution < 1.29 is 19.1 Å². The maximum atomic E-state index is 12.7. The van der Waals surface area contributed by atoms with Gasteiger partial charge in [-0.2, -0.15) is 0 Å². The first-order valence-electron chi connectivity index (χ1n) is 8.86. The van der Waals surface area contributed by atoms with Crippen molar-refractivity contribution in [3.8, 4) is 5.75 Å². The predicted octanol–water partition coefficient (Wildman–Crippen LogP) is 4.12. The van der Waals surface area contributed by atoms with Gasteiger partial charge in [-0.25, -0.2) is 0 Å². The van der Waals surface area contributed by atoms with E-state index < -0.39 is 0 Å². The lowest BCUT2D eigenvalue weighted by Gasteiger charge is -2.23. The van der Waals surface area contributed by atoms with Crippen LogP contribution in [0.4, 0.5) is 0 Å². The number of carbonyl (C=O) groups is 2. The smallest absolute Gasteiger partial charge is 0.307 e. The van der Waals surface area contributed by atoms with E-state index in [0.717, 1.165) is 15.6 Å². The van der Waals surface area contributed by atoms with Crippen LogP contribution in [0.3, 0.4) is 0 Å². The van der Waals surface area contributed by atoms with Gasteiger partial charge in [-0.15, -0.1) is 0 Å². The van der Waals surface area contributed by atoms with E-state index in [2.05, 4.69) is 15.9 Å². The van der Waals surface area contributed by atoms with E-state index in [-0.39, 0.29) is 31.4 Å². The molecule has 2 aromatic rings. The lowest BCUT2D eigenvalue weighted by atomic mass is 10.2. The summed E-state index contributed by atoms with van der Waals surface area (Å²) in [6, 6.07) is 15.3. The standard InChI is InChI=1S/C21H24BrNO4/c1-3-26-21(25)11-12-23(14-17-7-5-4-6-8-17)20(24)15-27-19-10-9-16(2)13-18(19)22/h4-10,13H,3,11-12,14-15H2,1-2H3. The van der Waals surface area contributed by atoms with Crippen LogP contribution in [0.2, 0.25) is 0 Å². The molecular formula is C21H24BrNO4. The molecule has 144 valence electrons. The van der Waals surface area contributed by atoms with Gasteiger partial charge in [-0.05, 0) is 53.0 Å². The van der Waals surface area contributed by atoms with Crippen LogP contribution < -0.4 is 4.74 Å². The number of halogens is 1. The topological polar surface area (TPSA) is 55.8 Å². The van der Waals surface area contributed by atoms with Gasteiger partial charge in [0, 0.05) is 13.1 Å². The molecule has 0 unspecified atom stereocenters. The van der Waals surface area contributed by atoms with Crippen LogP contribution in [-0.4, -0.2) is 36.5 Å². The molecule has 0 radical (unpaired) electrons. The number of ether oxygens (including phenoxy) is 2. The molecule has 0 aliphatic heterocycles. The van der Waals surface area contributed by atoms with Crippen LogP contribution in [-0.2, 0) is 20.9 Å². The Labute approximate surface area is 168 Å². The molecule has 0 bridgehead atoms. The molecule has 0 saturated carbocycles. The number of benzene rings is 2. The molecule has 1 amide bonds. The highest BCUT2D eigenvalue weighted by atomic mass is 79.9. The highest BCUT2D eigenvalue weighted by molar-refractivity contribution is 9.10. The summed E-state index contributed by atoms with van der Waals surface area (Å²) in [4.78, 5) is 26.0. The third kappa shape index (κ3) is 7.06. The number of nitrogens with zero attached hydrogens (tertiary/aromatic N) is 1. The number of aryl methyl sites for hydroxylation is 1. The zero-order chi connectivity index (χ0) is 19.6. The Morgan fingerprint density at radius 1 is 1.11 bits per heavy atom. The second-order valence-corrected chi connectivity index (χ2v) is 6.93. The Morgan fingerprint density at radius 2 is 1.85 bits per heavy atom. The van der Waals surface area contributed by atoms with Gasteiger partial charge in [0.15, 0.2) is 6.61 Å². The highest BCUT2D eigenvalue weighted by Crippen LogP contribution is 2.25. The van der Waals surface area contributed by atoms with Crippen molar-refractivity contribution in [2.45, 2.75) is 26.8 Å². The number of amides is 1. The van der Waals surface area contributed by atoms with Crippen LogP contribution in [0.1, 0.15) is 24.5 Å². The summed E-state index contributed by atoms with van der Waals surface area (Å²) in [6.07, 6.45) is 0.153. The SMILES string of the molecule is CCOC(=O)CCN(Cc1ccccc1)C(=O)COc1ccc(C)cc1Br. The van der Waals surface area contributed by atoms with Crippen molar-refractivity contribution in [3.63, 3.8) is 0 Å². The lowest BCUT2D eigenvalue weighted by Crippen LogP contribution is -2.36. The molecule has 0 aromatic heterocycles. The van der Waals surface area contributed by atoms with Gasteiger partial charge in [0.1, 0.15) is 5.75 Å². The van der Waals surface area contributed by atoms with E-state index in [1.807, 2.05) is 55.5 Å². The molecule has 0 aliphatic carbocycles. The zero-order valence-corrected chi connectivity index (χ0v) is 17.2. The van der Waals surface area contributed by atoms with E-state index >= 15 is 0 Å². The van der Waals surface area contributed by atoms with Crippen molar-refractivity contribution in [2.24, 2.45) is 0 Å². The maximum Gasteiger partial charge on any atom is 0.307 e. The van der Waals surface area contributed by atoms with E-state index in [1.54, 1.807) is 11.8 Å². The Hall–Kier alpha value is -2.34. The Morgan fingerprint density at radius 3 is 2.52 bits per heavy atom. The average molecular weight is 434 g/mol. The number of hydrogen-bond acceptors (Lipinski definition) is 4. The number of esters is 1. The molecule has 0 spiro atoms. The summed E-state index contributed by atoms with van der Waals surface area (Å²) in [5, 5.41) is 0. The van der Waals surface area contributed by atoms with E-state index in [1.165, 1.54) is 0 Å². The minimum Gasteiger partial charge on any atom is -0.483 e. The summed E-state index contributed by atoms with van der Waals surface area (Å²) in [7, 11) is 0. The fourth-order valence-electron chi connectivity index (χ4n) is 2.51. The number of rotatable bonds is 9. The third-order valence-corrected chi connectivity index (χ3v) is 4.52. The Balaban J connectivity index is 2.01. The van der Waals surface area contributed by atoms with Crippen molar-refractivity contribution in [1.29, 1.82) is 0 Å². The van der Waals surface area contributed by atoms with Gasteiger partial charge in [-0.1, -0.05) is 36.4 Å². The largest absolute Gasteiger partial charge is 0.483 e. The van der Waals surface area contributed by atoms with Crippen LogP contribution in [0, 0.1) is 6.92 Å². The van der Waals surface area contributed by atoms with Crippen molar-refractivity contribution >= 4 is 27.8 Å². The van der Waals surface area contributed by atoms with Gasteiger partial charge >= 0.3 is 5.97 Å². The van der Waals surface area contributed by atoms with E-state index in [4.69, 9.17) is 9.47 Å². The van der Waals surface area contributed by atoms with Crippen molar-refractivity contribution in [2.75, 3.05) is 19.8 Å². The quantitative estimate of drug-likeness (QED) is 0.558. The molecule has 2 rings (SSSR count). The van der Waals surface area contributed by atoms with Gasteiger partial charge < -0.3 is 14.4 Å². The molecule has 0 N–H and O–H groups in total. The first-order valence-corrected chi connectivity index (χ1v) is 9.65. The molecule has 0 heterocycles. The fraction of sp³-hybridized carbons (Fsp3) is 0.333. The Kier molecular flexibility index (Phi) is 8.33. The fourth-order valence-corrected chi connectivity index (χ4v) is 3.12. The first kappa shape index (κ1) is 21.0. The van der Waals surface area contributed by atoms with Crippen molar-refractivity contribution in [3.05, 3.63) is 64.1 Å².